The summed E-state index contributed by atoms with van der Waals surface area (Å²) in [5.74, 6) is -0.472. The van der Waals surface area contributed by atoms with Crippen molar-refractivity contribution in [3.05, 3.63) is 11.8 Å². The van der Waals surface area contributed by atoms with Crippen molar-refractivity contribution in [1.29, 1.82) is 0 Å². The Kier molecular flexibility index (Phi) is 3.51. The van der Waals surface area contributed by atoms with Crippen molar-refractivity contribution in [3.63, 3.8) is 0 Å². The Morgan fingerprint density at radius 2 is 2.33 bits per heavy atom. The molecule has 0 aromatic rings. The molecule has 0 aromatic carbocycles. The normalized spacial score (nSPS) is 11.1. The van der Waals surface area contributed by atoms with E-state index in [9.17, 15) is 4.79 Å². The van der Waals surface area contributed by atoms with E-state index in [0.717, 1.165) is 6.26 Å². The minimum atomic E-state index is -0.472. The van der Waals surface area contributed by atoms with E-state index >= 15 is 0 Å². The molecule has 0 saturated heterocycles. The molecular formula is C6H10O3. The summed E-state index contributed by atoms with van der Waals surface area (Å²) >= 11 is 0. The van der Waals surface area contributed by atoms with Crippen molar-refractivity contribution < 1.29 is 14.6 Å². The number of carbonyl (C=O) groups excluding carboxylic acids is 1. The van der Waals surface area contributed by atoms with Crippen molar-refractivity contribution in [2.45, 2.75) is 13.8 Å². The molecule has 0 rings (SSSR count). The van der Waals surface area contributed by atoms with Crippen LogP contribution < -0.4 is 0 Å². The summed E-state index contributed by atoms with van der Waals surface area (Å²) in [4.78, 5) is 10.5. The van der Waals surface area contributed by atoms with Crippen LogP contribution >= 0.6 is 0 Å². The third kappa shape index (κ3) is 2.74. The number of rotatable bonds is 2. The van der Waals surface area contributed by atoms with E-state index in [2.05, 4.69) is 4.74 Å². The fourth-order valence-electron chi connectivity index (χ4n) is 0.298. The monoisotopic (exact) mass is 130 g/mol. The van der Waals surface area contributed by atoms with Gasteiger partial charge in [0.2, 0.25) is 0 Å². The first-order valence-corrected chi connectivity index (χ1v) is 2.70. The van der Waals surface area contributed by atoms with Gasteiger partial charge in [-0.05, 0) is 13.8 Å². The molecule has 0 unspecified atom stereocenters. The van der Waals surface area contributed by atoms with E-state index < -0.39 is 5.97 Å². The highest BCUT2D eigenvalue weighted by Crippen LogP contribution is 1.92. The molecule has 0 atom stereocenters. The molecule has 0 heterocycles. The van der Waals surface area contributed by atoms with E-state index in [1.54, 1.807) is 6.92 Å². The second-order valence-electron chi connectivity index (χ2n) is 1.53. The van der Waals surface area contributed by atoms with Crippen molar-refractivity contribution in [2.75, 3.05) is 6.61 Å². The standard InChI is InChI=1S/C6H10O3/c1-3-9-6(8)5(2)4-7/h4,7H,3H2,1-2H3/b5-4-. The molecule has 0 amide bonds. The summed E-state index contributed by atoms with van der Waals surface area (Å²) in [6.07, 6.45) is 0.734. The maximum Gasteiger partial charge on any atom is 0.336 e. The molecule has 0 aliphatic heterocycles. The molecule has 0 radical (unpaired) electrons. The van der Waals surface area contributed by atoms with Crippen LogP contribution in [0.25, 0.3) is 0 Å². The fourth-order valence-corrected chi connectivity index (χ4v) is 0.298. The van der Waals surface area contributed by atoms with Crippen molar-refractivity contribution in [1.82, 2.24) is 0 Å². The zero-order chi connectivity index (χ0) is 7.28. The third-order valence-corrected chi connectivity index (χ3v) is 0.791. The van der Waals surface area contributed by atoms with E-state index in [1.165, 1.54) is 6.92 Å². The molecule has 0 spiro atoms. The van der Waals surface area contributed by atoms with Gasteiger partial charge in [-0.1, -0.05) is 0 Å². The third-order valence-electron chi connectivity index (χ3n) is 0.791. The van der Waals surface area contributed by atoms with Gasteiger partial charge in [0.25, 0.3) is 0 Å². The number of aliphatic hydroxyl groups excluding tert-OH is 1. The maximum atomic E-state index is 10.5. The predicted molar refractivity (Wildman–Crippen MR) is 33.0 cm³/mol. The number of hydrogen-bond acceptors (Lipinski definition) is 3. The Morgan fingerprint density at radius 3 is 2.67 bits per heavy atom. The van der Waals surface area contributed by atoms with Gasteiger partial charge in [0.15, 0.2) is 0 Å². The van der Waals surface area contributed by atoms with Crippen LogP contribution in [0, 0.1) is 0 Å². The summed E-state index contributed by atoms with van der Waals surface area (Å²) in [6.45, 7) is 3.53. The molecular weight excluding hydrogens is 120 g/mol. The highest BCUT2D eigenvalue weighted by Gasteiger charge is 2.01. The Bertz CT molecular complexity index is 126. The summed E-state index contributed by atoms with van der Waals surface area (Å²) in [5.41, 5.74) is 0.219. The quantitative estimate of drug-likeness (QED) is 0.344. The molecule has 0 aliphatic rings. The smallest absolute Gasteiger partial charge is 0.336 e. The van der Waals surface area contributed by atoms with Gasteiger partial charge in [0, 0.05) is 0 Å². The summed E-state index contributed by atoms with van der Waals surface area (Å²) in [6, 6.07) is 0. The van der Waals surface area contributed by atoms with Crippen LogP contribution in [-0.4, -0.2) is 17.7 Å². The molecule has 52 valence electrons. The zero-order valence-corrected chi connectivity index (χ0v) is 5.55. The van der Waals surface area contributed by atoms with Crippen LogP contribution in [0.4, 0.5) is 0 Å². The minimum Gasteiger partial charge on any atom is -0.515 e. The van der Waals surface area contributed by atoms with Crippen molar-refractivity contribution >= 4 is 5.97 Å². The minimum absolute atomic E-state index is 0.219. The Balaban J connectivity index is 3.74. The molecule has 3 nitrogen and oxygen atoms in total. The van der Waals surface area contributed by atoms with Crippen LogP contribution in [0.3, 0.4) is 0 Å². The molecule has 0 saturated carbocycles. The van der Waals surface area contributed by atoms with Crippen molar-refractivity contribution in [2.24, 2.45) is 0 Å². The van der Waals surface area contributed by atoms with Crippen LogP contribution in [-0.2, 0) is 9.53 Å². The number of carbonyl (C=O) groups is 1. The zero-order valence-electron chi connectivity index (χ0n) is 5.55. The summed E-state index contributed by atoms with van der Waals surface area (Å²) < 4.78 is 4.53. The second-order valence-corrected chi connectivity index (χ2v) is 1.53. The predicted octanol–water partition coefficient (Wildman–Crippen LogP) is 1.01. The number of aliphatic hydroxyl groups is 1. The first-order chi connectivity index (χ1) is 4.22. The van der Waals surface area contributed by atoms with Crippen LogP contribution in [0.15, 0.2) is 11.8 Å². The Labute approximate surface area is 53.9 Å². The lowest BCUT2D eigenvalue weighted by Gasteiger charge is -1.97. The molecule has 9 heavy (non-hydrogen) atoms. The first-order valence-electron chi connectivity index (χ1n) is 2.70. The van der Waals surface area contributed by atoms with Gasteiger partial charge < -0.3 is 9.84 Å². The second kappa shape index (κ2) is 3.95. The van der Waals surface area contributed by atoms with E-state index in [0.29, 0.717) is 6.61 Å². The summed E-state index contributed by atoms with van der Waals surface area (Å²) in [7, 11) is 0. The van der Waals surface area contributed by atoms with Gasteiger partial charge in [-0.25, -0.2) is 4.79 Å². The maximum absolute atomic E-state index is 10.5. The highest BCUT2D eigenvalue weighted by atomic mass is 16.5. The average Bonchev–Trinajstić information content (AvgIpc) is 1.87. The summed E-state index contributed by atoms with van der Waals surface area (Å²) in [5, 5.41) is 8.27. The molecule has 1 N–H and O–H groups in total. The van der Waals surface area contributed by atoms with Gasteiger partial charge in [-0.15, -0.1) is 0 Å². The fraction of sp³-hybridized carbons (Fsp3) is 0.500. The van der Waals surface area contributed by atoms with Gasteiger partial charge in [-0.3, -0.25) is 0 Å². The number of esters is 1. The molecule has 0 aliphatic carbocycles. The average molecular weight is 130 g/mol. The van der Waals surface area contributed by atoms with Gasteiger partial charge >= 0.3 is 5.97 Å². The van der Waals surface area contributed by atoms with E-state index in [1.807, 2.05) is 0 Å². The van der Waals surface area contributed by atoms with E-state index in [4.69, 9.17) is 5.11 Å². The Hall–Kier alpha value is -0.990. The first kappa shape index (κ1) is 8.01. The molecule has 0 bridgehead atoms. The lowest BCUT2D eigenvalue weighted by atomic mass is 10.3. The van der Waals surface area contributed by atoms with Gasteiger partial charge in [0.1, 0.15) is 0 Å². The lowest BCUT2D eigenvalue weighted by molar-refractivity contribution is -0.138. The molecule has 0 aromatic heterocycles. The topological polar surface area (TPSA) is 46.5 Å². The van der Waals surface area contributed by atoms with Crippen molar-refractivity contribution in [3.8, 4) is 0 Å². The van der Waals surface area contributed by atoms with Crippen LogP contribution in [0.5, 0.6) is 0 Å². The van der Waals surface area contributed by atoms with E-state index in [-0.39, 0.29) is 5.57 Å². The van der Waals surface area contributed by atoms with Crippen LogP contribution in [0.2, 0.25) is 0 Å². The number of ether oxygens (including phenoxy) is 1. The van der Waals surface area contributed by atoms with Gasteiger partial charge in [0.05, 0.1) is 18.4 Å². The molecule has 0 fully saturated rings. The largest absolute Gasteiger partial charge is 0.515 e. The van der Waals surface area contributed by atoms with Gasteiger partial charge in [-0.2, -0.15) is 0 Å². The highest BCUT2D eigenvalue weighted by molar-refractivity contribution is 5.87. The van der Waals surface area contributed by atoms with Crippen LogP contribution in [0.1, 0.15) is 13.8 Å². The lowest BCUT2D eigenvalue weighted by Crippen LogP contribution is -2.04. The Morgan fingerprint density at radius 1 is 1.78 bits per heavy atom. The number of hydrogen-bond donors (Lipinski definition) is 1. The molecule has 3 heteroatoms. The SMILES string of the molecule is CCOC(=O)/C(C)=C\O.